The third kappa shape index (κ3) is 10.5. The number of hydrogen-bond donors (Lipinski definition) is 11. The maximum absolute atomic E-state index is 12.5. The van der Waals surface area contributed by atoms with Gasteiger partial charge < -0.3 is 108 Å². The Morgan fingerprint density at radius 1 is 0.475 bits per heavy atom. The number of hydrogen-bond acceptors (Lipinski definition) is 23. The summed E-state index contributed by atoms with van der Waals surface area (Å²) < 4.78 is 64.3. The first-order chi connectivity index (χ1) is 27.8. The van der Waals surface area contributed by atoms with Gasteiger partial charge in [-0.1, -0.05) is 13.8 Å². The Morgan fingerprint density at radius 3 is 1.54 bits per heavy atom. The molecule has 23 nitrogen and oxygen atoms in total. The molecule has 25 atom stereocenters. The van der Waals surface area contributed by atoms with Gasteiger partial charge in [0.1, 0.15) is 85.5 Å². The average molecular weight is 863 g/mol. The molecule has 344 valence electrons. The first kappa shape index (κ1) is 48.7. The van der Waals surface area contributed by atoms with E-state index in [9.17, 15) is 61.0 Å². The van der Waals surface area contributed by atoms with Crippen molar-refractivity contribution in [1.29, 1.82) is 0 Å². The Morgan fingerprint density at radius 2 is 0.949 bits per heavy atom. The highest BCUT2D eigenvalue weighted by Crippen LogP contribution is 2.37. The van der Waals surface area contributed by atoms with Gasteiger partial charge in [-0.25, -0.2) is 0 Å². The van der Waals surface area contributed by atoms with Gasteiger partial charge >= 0.3 is 5.97 Å². The topological polar surface area (TPSA) is 341 Å². The third-order valence-electron chi connectivity index (χ3n) is 11.3. The molecule has 5 rings (SSSR count). The molecule has 0 aliphatic carbocycles. The lowest BCUT2D eigenvalue weighted by Gasteiger charge is -2.50. The van der Waals surface area contributed by atoms with Crippen molar-refractivity contribution in [3.63, 3.8) is 0 Å². The number of esters is 1. The summed E-state index contributed by atoms with van der Waals surface area (Å²) in [6.45, 7) is 7.78. The Bertz CT molecular complexity index is 1320. The van der Waals surface area contributed by atoms with Crippen LogP contribution in [0.25, 0.3) is 0 Å². The monoisotopic (exact) mass is 862 g/mol. The number of aliphatic hydroxyl groups excluding tert-OH is 11. The SMILES string of the molecule is CCCO[C@@H]1OC(CO)[C@@H](O)C(O[C@@H]2OC(C)[C@H](O)C(O[C@@H]3OC(C)[C@H](O)C(O)[C@@H]3O[C@@H]3OC(C)[C@H](O)C(O[C@H]4O[C@@H](CO)[C@@H](O)C(O)C4O)[C@@H]3O)[C@@H]2OC(C)=O)C1C. The smallest absolute Gasteiger partial charge is 0.303 e. The molecule has 11 unspecified atom stereocenters. The number of carbonyl (C=O) groups is 1. The Hall–Kier alpha value is -1.37. The molecule has 0 aromatic carbocycles. The fraction of sp³-hybridized carbons (Fsp3) is 0.972. The highest BCUT2D eigenvalue weighted by molar-refractivity contribution is 5.66. The van der Waals surface area contributed by atoms with E-state index in [1.165, 1.54) is 20.8 Å². The van der Waals surface area contributed by atoms with Gasteiger partial charge in [-0.3, -0.25) is 4.79 Å². The minimum atomic E-state index is -1.96. The Balaban J connectivity index is 1.39. The molecule has 23 heteroatoms. The summed E-state index contributed by atoms with van der Waals surface area (Å²) in [4.78, 5) is 12.5. The third-order valence-corrected chi connectivity index (χ3v) is 11.3. The zero-order valence-corrected chi connectivity index (χ0v) is 33.6. The van der Waals surface area contributed by atoms with Crippen LogP contribution in [0.4, 0.5) is 0 Å². The van der Waals surface area contributed by atoms with Crippen molar-refractivity contribution < 1.29 is 113 Å². The van der Waals surface area contributed by atoms with Gasteiger partial charge in [-0.05, 0) is 27.2 Å². The number of aliphatic hydroxyl groups is 11. The van der Waals surface area contributed by atoms with E-state index in [1.807, 2.05) is 6.92 Å². The molecule has 0 saturated carbocycles. The van der Waals surface area contributed by atoms with E-state index in [2.05, 4.69) is 0 Å². The van der Waals surface area contributed by atoms with Gasteiger partial charge in [-0.15, -0.1) is 0 Å². The maximum atomic E-state index is 12.5. The minimum absolute atomic E-state index is 0.295. The van der Waals surface area contributed by atoms with Crippen molar-refractivity contribution in [3.8, 4) is 0 Å². The predicted octanol–water partition coefficient (Wildman–Crippen LogP) is -5.56. The lowest BCUT2D eigenvalue weighted by Crippen LogP contribution is -2.67. The second kappa shape index (κ2) is 20.9. The molecule has 0 bridgehead atoms. The van der Waals surface area contributed by atoms with Crippen LogP contribution in [0.1, 0.15) is 48.0 Å². The molecule has 5 heterocycles. The molecule has 5 fully saturated rings. The summed E-state index contributed by atoms with van der Waals surface area (Å²) in [6.07, 6.45) is -36.4. The second-order valence-electron chi connectivity index (χ2n) is 15.7. The molecule has 5 saturated heterocycles. The van der Waals surface area contributed by atoms with Crippen molar-refractivity contribution >= 4 is 5.97 Å². The van der Waals surface area contributed by atoms with Gasteiger partial charge in [0.25, 0.3) is 0 Å². The first-order valence-corrected chi connectivity index (χ1v) is 19.9. The molecule has 0 aromatic heterocycles. The molecule has 5 aliphatic heterocycles. The van der Waals surface area contributed by atoms with Crippen LogP contribution >= 0.6 is 0 Å². The lowest BCUT2D eigenvalue weighted by atomic mass is 9.91. The fourth-order valence-corrected chi connectivity index (χ4v) is 7.73. The summed E-state index contributed by atoms with van der Waals surface area (Å²) in [5.74, 6) is -1.53. The van der Waals surface area contributed by atoms with Crippen LogP contribution in [0, 0.1) is 5.92 Å². The van der Waals surface area contributed by atoms with E-state index in [0.29, 0.717) is 13.0 Å². The van der Waals surface area contributed by atoms with Crippen LogP contribution in [0.3, 0.4) is 0 Å². The van der Waals surface area contributed by atoms with Crippen molar-refractivity contribution in [3.05, 3.63) is 0 Å². The van der Waals surface area contributed by atoms with E-state index < -0.39 is 173 Å². The zero-order valence-electron chi connectivity index (χ0n) is 33.6. The zero-order chi connectivity index (χ0) is 43.6. The molecular formula is C36H62O23. The molecule has 11 N–H and O–H groups in total. The predicted molar refractivity (Wildman–Crippen MR) is 189 cm³/mol. The fourth-order valence-electron chi connectivity index (χ4n) is 7.73. The van der Waals surface area contributed by atoms with Crippen molar-refractivity contribution in [1.82, 2.24) is 0 Å². The van der Waals surface area contributed by atoms with E-state index >= 15 is 0 Å². The van der Waals surface area contributed by atoms with E-state index in [4.69, 9.17) is 52.1 Å². The summed E-state index contributed by atoms with van der Waals surface area (Å²) in [5.41, 5.74) is 0. The Labute approximate surface area is 340 Å². The van der Waals surface area contributed by atoms with Gasteiger partial charge in [0.05, 0.1) is 37.6 Å². The van der Waals surface area contributed by atoms with Crippen LogP contribution < -0.4 is 0 Å². The van der Waals surface area contributed by atoms with Crippen LogP contribution in [0.5, 0.6) is 0 Å². The van der Waals surface area contributed by atoms with E-state index in [1.54, 1.807) is 6.92 Å². The molecule has 0 spiro atoms. The quantitative estimate of drug-likeness (QED) is 0.0726. The lowest BCUT2D eigenvalue weighted by molar-refractivity contribution is -0.397. The van der Waals surface area contributed by atoms with Crippen molar-refractivity contribution in [2.24, 2.45) is 5.92 Å². The van der Waals surface area contributed by atoms with E-state index in [-0.39, 0.29) is 0 Å². The number of carbonyl (C=O) groups excluding carboxylic acids is 1. The molecule has 0 radical (unpaired) electrons. The van der Waals surface area contributed by atoms with Crippen LogP contribution in [-0.2, 0) is 56.9 Å². The van der Waals surface area contributed by atoms with E-state index in [0.717, 1.165) is 6.92 Å². The summed E-state index contributed by atoms with van der Waals surface area (Å²) >= 11 is 0. The molecule has 59 heavy (non-hydrogen) atoms. The van der Waals surface area contributed by atoms with Gasteiger partial charge in [0.2, 0.25) is 0 Å². The van der Waals surface area contributed by atoms with Crippen LogP contribution in [-0.4, -0.2) is 229 Å². The molecular weight excluding hydrogens is 800 g/mol. The van der Waals surface area contributed by atoms with Crippen LogP contribution in [0.2, 0.25) is 0 Å². The number of ether oxygens (including phenoxy) is 11. The normalized spacial score (nSPS) is 51.0. The summed E-state index contributed by atoms with van der Waals surface area (Å²) in [7, 11) is 0. The summed E-state index contributed by atoms with van der Waals surface area (Å²) in [6, 6.07) is 0. The Kier molecular flexibility index (Phi) is 17.2. The van der Waals surface area contributed by atoms with Gasteiger partial charge in [-0.2, -0.15) is 0 Å². The number of rotatable bonds is 14. The van der Waals surface area contributed by atoms with Crippen molar-refractivity contribution in [2.45, 2.75) is 195 Å². The molecule has 5 aliphatic rings. The largest absolute Gasteiger partial charge is 0.454 e. The maximum Gasteiger partial charge on any atom is 0.303 e. The van der Waals surface area contributed by atoms with Gasteiger partial charge in [0, 0.05) is 19.4 Å². The first-order valence-electron chi connectivity index (χ1n) is 19.9. The van der Waals surface area contributed by atoms with Crippen LogP contribution in [0.15, 0.2) is 0 Å². The highest BCUT2D eigenvalue weighted by atomic mass is 16.8. The van der Waals surface area contributed by atoms with Crippen molar-refractivity contribution in [2.75, 3.05) is 19.8 Å². The average Bonchev–Trinajstić information content (AvgIpc) is 3.19. The standard InChI is InChI=1S/C36H62O23/c1-7-8-49-32-11(2)27(22(44)17(10-38)54-32)56-36-31(53-15(6)39)29(20(42)14(5)52-36)58-35-30(24(46)18(40)12(3)51-35)59-34-26(48)28(19(41)13(4)50-34)57-33-25(47)23(45)21(43)16(9-37)55-33/h11-14,16-38,40-48H,7-10H2,1-6H3/t11?,12?,13?,14?,16-,17?,18-,19-,20-,21+,22+,23?,24?,25?,26-,27?,28?,29?,30-,31-,32+,33+,34-,35-,36-/m0/s1. The molecule has 0 amide bonds. The van der Waals surface area contributed by atoms with Gasteiger partial charge in [0.15, 0.2) is 37.6 Å². The molecule has 0 aromatic rings. The highest BCUT2D eigenvalue weighted by Gasteiger charge is 2.57. The second-order valence-corrected chi connectivity index (χ2v) is 15.7. The minimum Gasteiger partial charge on any atom is -0.454 e. The summed E-state index contributed by atoms with van der Waals surface area (Å²) in [5, 5.41) is 118.